The molecule has 250 valence electrons. The molecule has 44 heavy (non-hydrogen) atoms. The van der Waals surface area contributed by atoms with Gasteiger partial charge < -0.3 is 35.0 Å². The Labute approximate surface area is 263 Å². The van der Waals surface area contributed by atoms with Gasteiger partial charge in [-0.1, -0.05) is 60.1 Å². The minimum atomic E-state index is -1.61. The summed E-state index contributed by atoms with van der Waals surface area (Å²) in [4.78, 5) is 14.4. The van der Waals surface area contributed by atoms with E-state index in [-0.39, 0.29) is 39.1 Å². The first kappa shape index (κ1) is 32.9. The van der Waals surface area contributed by atoms with Crippen LogP contribution in [0.25, 0.3) is 0 Å². The summed E-state index contributed by atoms with van der Waals surface area (Å²) in [6.07, 6.45) is 4.05. The van der Waals surface area contributed by atoms with Crippen molar-refractivity contribution in [3.8, 4) is 0 Å². The predicted octanol–water partition coefficient (Wildman–Crippen LogP) is 4.49. The van der Waals surface area contributed by atoms with Crippen molar-refractivity contribution in [1.29, 1.82) is 0 Å². The lowest BCUT2D eigenvalue weighted by atomic mass is 9.33. The van der Waals surface area contributed by atoms with E-state index < -0.39 is 48.7 Å². The van der Waals surface area contributed by atoms with Crippen LogP contribution in [0.3, 0.4) is 0 Å². The highest BCUT2D eigenvalue weighted by Gasteiger charge is 2.69. The number of aliphatic hydroxyl groups is 5. The Morgan fingerprint density at radius 1 is 0.864 bits per heavy atom. The largest absolute Gasteiger partial charge is 0.432 e. The second-order valence-electron chi connectivity index (χ2n) is 17.8. The number of carbonyl (C=O) groups excluding carboxylic acids is 1. The predicted molar refractivity (Wildman–Crippen MR) is 165 cm³/mol. The van der Waals surface area contributed by atoms with Gasteiger partial charge in [-0.2, -0.15) is 0 Å². The molecule has 0 spiro atoms. The highest BCUT2D eigenvalue weighted by atomic mass is 16.7. The van der Waals surface area contributed by atoms with Gasteiger partial charge in [-0.3, -0.25) is 4.79 Å². The number of rotatable bonds is 3. The van der Waals surface area contributed by atoms with E-state index in [1.54, 1.807) is 0 Å². The second kappa shape index (κ2) is 10.5. The summed E-state index contributed by atoms with van der Waals surface area (Å²) in [5.41, 5.74) is 0.719. The van der Waals surface area contributed by atoms with E-state index in [1.165, 1.54) is 5.57 Å². The van der Waals surface area contributed by atoms with Crippen LogP contribution in [-0.4, -0.2) is 74.9 Å². The third kappa shape index (κ3) is 4.40. The average Bonchev–Trinajstić information content (AvgIpc) is 2.95. The fourth-order valence-electron chi connectivity index (χ4n) is 12.0. The Kier molecular flexibility index (Phi) is 7.84. The first-order valence-corrected chi connectivity index (χ1v) is 17.3. The van der Waals surface area contributed by atoms with E-state index in [0.717, 1.165) is 51.4 Å². The number of aliphatic hydroxyl groups excluding tert-OH is 5. The van der Waals surface area contributed by atoms with Gasteiger partial charge in [-0.15, -0.1) is 0 Å². The van der Waals surface area contributed by atoms with Gasteiger partial charge in [0.1, 0.15) is 24.4 Å². The normalized spacial score (nSPS) is 52.8. The van der Waals surface area contributed by atoms with Crippen LogP contribution in [0.2, 0.25) is 0 Å². The molecule has 13 atom stereocenters. The van der Waals surface area contributed by atoms with Crippen molar-refractivity contribution in [3.63, 3.8) is 0 Å². The summed E-state index contributed by atoms with van der Waals surface area (Å²) in [5, 5.41) is 52.0. The summed E-state index contributed by atoms with van der Waals surface area (Å²) in [7, 11) is 0. The number of ether oxygens (including phenoxy) is 2. The molecule has 0 radical (unpaired) electrons. The van der Waals surface area contributed by atoms with Crippen molar-refractivity contribution in [2.45, 2.75) is 149 Å². The minimum absolute atomic E-state index is 0.00434. The molecule has 0 bridgehead atoms. The molecule has 1 aliphatic heterocycles. The van der Waals surface area contributed by atoms with Gasteiger partial charge in [0.15, 0.2) is 0 Å². The molecule has 1 unspecified atom stereocenters. The second-order valence-corrected chi connectivity index (χ2v) is 17.8. The van der Waals surface area contributed by atoms with E-state index in [4.69, 9.17) is 9.47 Å². The molecule has 1 heterocycles. The first-order valence-electron chi connectivity index (χ1n) is 17.3. The molecule has 0 aromatic rings. The minimum Gasteiger partial charge on any atom is -0.432 e. The quantitative estimate of drug-likeness (QED) is 0.231. The maximum absolute atomic E-state index is 14.4. The highest BCUT2D eigenvalue weighted by molar-refractivity contribution is 5.79. The zero-order chi connectivity index (χ0) is 32.3. The zero-order valence-electron chi connectivity index (χ0n) is 28.0. The third-order valence-corrected chi connectivity index (χ3v) is 15.1. The Bertz CT molecular complexity index is 1180. The van der Waals surface area contributed by atoms with Crippen LogP contribution < -0.4 is 0 Å². The summed E-state index contributed by atoms with van der Waals surface area (Å²) < 4.78 is 11.6. The molecular weight excluding hydrogens is 560 g/mol. The Morgan fingerprint density at radius 3 is 2.23 bits per heavy atom. The smallest absolute Gasteiger partial charge is 0.315 e. The number of allylic oxidation sites excluding steroid dienone is 2. The van der Waals surface area contributed by atoms with Crippen molar-refractivity contribution < 1.29 is 39.8 Å². The summed E-state index contributed by atoms with van der Waals surface area (Å²) in [6, 6.07) is 0. The molecule has 6 rings (SSSR count). The highest BCUT2D eigenvalue weighted by Crippen LogP contribution is 2.75. The zero-order valence-corrected chi connectivity index (χ0v) is 28.0. The molecule has 5 fully saturated rings. The summed E-state index contributed by atoms with van der Waals surface area (Å²) in [5.74, 6) is 0.561. The van der Waals surface area contributed by atoms with E-state index >= 15 is 0 Å². The summed E-state index contributed by atoms with van der Waals surface area (Å²) >= 11 is 0. The van der Waals surface area contributed by atoms with Crippen LogP contribution in [0.15, 0.2) is 11.6 Å². The Balaban J connectivity index is 1.35. The van der Waals surface area contributed by atoms with Crippen LogP contribution in [-0.2, 0) is 14.3 Å². The first-order chi connectivity index (χ1) is 20.4. The van der Waals surface area contributed by atoms with Crippen molar-refractivity contribution in [1.82, 2.24) is 0 Å². The number of fused-ring (bicyclic) bond motifs is 7. The Hall–Kier alpha value is -1.03. The SMILES string of the molecule is CC1(C)CC[C@]2(C(=O)O[C@@H]3O[C@H](CO)[C@@H](O)[C@H](O)[C@H]3O)CC[C@]3(C)C(=CC[C@@H]4[C@@]5(C)CC[C@H](O)C(C)(C)C5CC[C@]43C)[C@@H]2C1. The van der Waals surface area contributed by atoms with E-state index in [0.29, 0.717) is 24.7 Å². The number of esters is 1. The molecule has 0 aromatic heterocycles. The fraction of sp³-hybridized carbons (Fsp3) is 0.917. The van der Waals surface area contributed by atoms with Gasteiger partial charge in [-0.25, -0.2) is 0 Å². The fourth-order valence-corrected chi connectivity index (χ4v) is 12.0. The monoisotopic (exact) mass is 618 g/mol. The number of hydrogen-bond donors (Lipinski definition) is 5. The van der Waals surface area contributed by atoms with Crippen LogP contribution in [0, 0.1) is 50.2 Å². The molecule has 8 heteroatoms. The molecule has 1 saturated heterocycles. The van der Waals surface area contributed by atoms with Crippen LogP contribution in [0.4, 0.5) is 0 Å². The van der Waals surface area contributed by atoms with Crippen LogP contribution >= 0.6 is 0 Å². The molecule has 5 N–H and O–H groups in total. The van der Waals surface area contributed by atoms with Gasteiger partial charge in [-0.05, 0) is 109 Å². The molecule has 0 amide bonds. The molecule has 5 aliphatic carbocycles. The van der Waals surface area contributed by atoms with E-state index in [1.807, 2.05) is 0 Å². The molecular formula is C36H58O8. The van der Waals surface area contributed by atoms with Gasteiger partial charge in [0.2, 0.25) is 6.29 Å². The lowest BCUT2D eigenvalue weighted by Crippen LogP contribution is -2.65. The standard InChI is InChI=1S/C36H58O8/c1-31(2)14-16-36(30(42)44-29-28(41)27(40)26(39)22(19-37)43-29)17-15-34(6)20(21(36)18-31)8-9-24-33(5)12-11-25(38)32(3,4)23(33)10-13-35(24,34)7/h8,21-29,37-41H,9-19H2,1-7H3/t21-,22+,23?,24+,25-,26+,27-,28+,29-,33-,34+,35+,36-/m0/s1. The number of hydrogen-bond acceptors (Lipinski definition) is 8. The molecule has 6 aliphatic rings. The van der Waals surface area contributed by atoms with Crippen LogP contribution in [0.5, 0.6) is 0 Å². The van der Waals surface area contributed by atoms with Gasteiger partial charge in [0.25, 0.3) is 0 Å². The van der Waals surface area contributed by atoms with Crippen molar-refractivity contribution in [2.75, 3.05) is 6.61 Å². The van der Waals surface area contributed by atoms with Crippen molar-refractivity contribution >= 4 is 5.97 Å². The van der Waals surface area contributed by atoms with Crippen LogP contribution in [0.1, 0.15) is 113 Å². The van der Waals surface area contributed by atoms with Gasteiger partial charge in [0.05, 0.1) is 18.1 Å². The van der Waals surface area contributed by atoms with Gasteiger partial charge >= 0.3 is 5.97 Å². The van der Waals surface area contributed by atoms with Gasteiger partial charge in [0, 0.05) is 0 Å². The third-order valence-electron chi connectivity index (χ3n) is 15.1. The topological polar surface area (TPSA) is 137 Å². The van der Waals surface area contributed by atoms with Crippen molar-refractivity contribution in [3.05, 3.63) is 11.6 Å². The average molecular weight is 619 g/mol. The van der Waals surface area contributed by atoms with Crippen molar-refractivity contribution in [2.24, 2.45) is 50.2 Å². The van der Waals surface area contributed by atoms with E-state index in [2.05, 4.69) is 54.5 Å². The maximum Gasteiger partial charge on any atom is 0.315 e. The lowest BCUT2D eigenvalue weighted by Gasteiger charge is -2.71. The molecule has 8 nitrogen and oxygen atoms in total. The molecule has 4 saturated carbocycles. The molecule has 0 aromatic carbocycles. The summed E-state index contributed by atoms with van der Waals surface area (Å²) in [6.45, 7) is 16.1. The van der Waals surface area contributed by atoms with E-state index in [9.17, 15) is 30.3 Å². The number of carbonyl (C=O) groups is 1. The maximum atomic E-state index is 14.4. The lowest BCUT2D eigenvalue weighted by molar-refractivity contribution is -0.297. The Morgan fingerprint density at radius 2 is 1.55 bits per heavy atom.